The van der Waals surface area contributed by atoms with Crippen LogP contribution in [0.3, 0.4) is 0 Å². The molecule has 6 heteroatoms. The Morgan fingerprint density at radius 2 is 2.00 bits per heavy atom. The first-order valence-corrected chi connectivity index (χ1v) is 7.70. The normalized spacial score (nSPS) is 12.1. The zero-order valence-corrected chi connectivity index (χ0v) is 14.2. The summed E-state index contributed by atoms with van der Waals surface area (Å²) >= 11 is 6.91. The van der Waals surface area contributed by atoms with Crippen molar-refractivity contribution >= 4 is 37.8 Å². The second-order valence-electron chi connectivity index (χ2n) is 4.08. The highest BCUT2D eigenvalue weighted by molar-refractivity contribution is 9.11. The molecule has 4 nitrogen and oxygen atoms in total. The molecule has 19 heavy (non-hydrogen) atoms. The third-order valence-corrected chi connectivity index (χ3v) is 3.68. The average Bonchev–Trinajstić information content (AvgIpc) is 2.34. The minimum atomic E-state index is -0.548. The molecule has 1 aromatic rings. The SMILES string of the molecule is CCNC(=O)C(C)Oc1c(Br)cc(CCN)cc1Br. The van der Waals surface area contributed by atoms with Crippen molar-refractivity contribution in [3.05, 3.63) is 26.6 Å². The van der Waals surface area contributed by atoms with Crippen LogP contribution in [-0.4, -0.2) is 25.1 Å². The number of benzene rings is 1. The van der Waals surface area contributed by atoms with Crippen molar-refractivity contribution < 1.29 is 9.53 Å². The van der Waals surface area contributed by atoms with E-state index in [2.05, 4.69) is 37.2 Å². The highest BCUT2D eigenvalue weighted by atomic mass is 79.9. The highest BCUT2D eigenvalue weighted by Gasteiger charge is 2.17. The van der Waals surface area contributed by atoms with Gasteiger partial charge in [0.2, 0.25) is 0 Å². The fraction of sp³-hybridized carbons (Fsp3) is 0.462. The van der Waals surface area contributed by atoms with Gasteiger partial charge in [-0.3, -0.25) is 4.79 Å². The first kappa shape index (κ1) is 16.5. The van der Waals surface area contributed by atoms with E-state index in [4.69, 9.17) is 10.5 Å². The molecule has 0 heterocycles. The van der Waals surface area contributed by atoms with Gasteiger partial charge in [-0.15, -0.1) is 0 Å². The monoisotopic (exact) mass is 392 g/mol. The van der Waals surface area contributed by atoms with E-state index in [1.165, 1.54) is 0 Å². The van der Waals surface area contributed by atoms with Gasteiger partial charge >= 0.3 is 0 Å². The molecule has 1 rings (SSSR count). The highest BCUT2D eigenvalue weighted by Crippen LogP contribution is 2.35. The number of carbonyl (C=O) groups excluding carboxylic acids is 1. The van der Waals surface area contributed by atoms with Gasteiger partial charge in [-0.25, -0.2) is 0 Å². The van der Waals surface area contributed by atoms with Gasteiger partial charge in [-0.05, 0) is 76.4 Å². The minimum Gasteiger partial charge on any atom is -0.479 e. The molecule has 0 fully saturated rings. The Balaban J connectivity index is 2.86. The predicted octanol–water partition coefficient (Wildman–Crippen LogP) is 2.62. The summed E-state index contributed by atoms with van der Waals surface area (Å²) in [7, 11) is 0. The first-order valence-electron chi connectivity index (χ1n) is 6.12. The number of carbonyl (C=O) groups is 1. The van der Waals surface area contributed by atoms with E-state index >= 15 is 0 Å². The zero-order valence-electron chi connectivity index (χ0n) is 11.0. The van der Waals surface area contributed by atoms with Crippen molar-refractivity contribution in [2.45, 2.75) is 26.4 Å². The van der Waals surface area contributed by atoms with Gasteiger partial charge in [0.1, 0.15) is 5.75 Å². The molecule has 0 aliphatic rings. The van der Waals surface area contributed by atoms with Crippen LogP contribution in [0.5, 0.6) is 5.75 Å². The number of amides is 1. The van der Waals surface area contributed by atoms with Gasteiger partial charge in [0.15, 0.2) is 6.10 Å². The third-order valence-electron chi connectivity index (χ3n) is 2.51. The molecule has 0 radical (unpaired) electrons. The van der Waals surface area contributed by atoms with Crippen LogP contribution in [0, 0.1) is 0 Å². The van der Waals surface area contributed by atoms with Crippen molar-refractivity contribution in [2.75, 3.05) is 13.1 Å². The molecule has 0 bridgehead atoms. The Morgan fingerprint density at radius 3 is 2.47 bits per heavy atom. The van der Waals surface area contributed by atoms with Crippen LogP contribution in [0.15, 0.2) is 21.1 Å². The molecular formula is C13H18Br2N2O2. The van der Waals surface area contributed by atoms with Crippen molar-refractivity contribution in [3.63, 3.8) is 0 Å². The number of hydrogen-bond acceptors (Lipinski definition) is 3. The molecular weight excluding hydrogens is 376 g/mol. The van der Waals surface area contributed by atoms with Gasteiger partial charge in [-0.1, -0.05) is 0 Å². The lowest BCUT2D eigenvalue weighted by Gasteiger charge is -2.17. The molecule has 0 spiro atoms. The molecule has 0 aliphatic carbocycles. The Morgan fingerprint density at radius 1 is 1.42 bits per heavy atom. The van der Waals surface area contributed by atoms with Crippen LogP contribution in [0.4, 0.5) is 0 Å². The summed E-state index contributed by atoms with van der Waals surface area (Å²) in [4.78, 5) is 11.7. The number of hydrogen-bond donors (Lipinski definition) is 2. The summed E-state index contributed by atoms with van der Waals surface area (Å²) in [5, 5.41) is 2.73. The molecule has 1 atom stereocenters. The summed E-state index contributed by atoms with van der Waals surface area (Å²) in [5.41, 5.74) is 6.65. The van der Waals surface area contributed by atoms with Gasteiger partial charge in [0.25, 0.3) is 5.91 Å². The van der Waals surface area contributed by atoms with Crippen molar-refractivity contribution in [2.24, 2.45) is 5.73 Å². The lowest BCUT2D eigenvalue weighted by atomic mass is 10.1. The number of ether oxygens (including phenoxy) is 1. The number of halogens is 2. The standard InChI is InChI=1S/C13H18Br2N2O2/c1-3-17-13(18)8(2)19-12-10(14)6-9(4-5-16)7-11(12)15/h6-8H,3-5,16H2,1-2H3,(H,17,18). The fourth-order valence-electron chi connectivity index (χ4n) is 1.58. The minimum absolute atomic E-state index is 0.132. The Bertz CT molecular complexity index is 429. The van der Waals surface area contributed by atoms with E-state index in [1.807, 2.05) is 19.1 Å². The number of likely N-dealkylation sites (N-methyl/N-ethyl adjacent to an activating group) is 1. The maximum atomic E-state index is 11.7. The van der Waals surface area contributed by atoms with Crippen molar-refractivity contribution in [1.82, 2.24) is 5.32 Å². The summed E-state index contributed by atoms with van der Waals surface area (Å²) in [6, 6.07) is 3.91. The quantitative estimate of drug-likeness (QED) is 0.780. The molecule has 0 aromatic heterocycles. The Kier molecular flexibility index (Phi) is 6.82. The summed E-state index contributed by atoms with van der Waals surface area (Å²) in [6.45, 7) is 4.77. The molecule has 1 amide bonds. The van der Waals surface area contributed by atoms with Crippen molar-refractivity contribution in [3.8, 4) is 5.75 Å². The fourth-order valence-corrected chi connectivity index (χ4v) is 3.05. The van der Waals surface area contributed by atoms with E-state index in [0.29, 0.717) is 18.8 Å². The molecule has 0 saturated carbocycles. The number of nitrogens with one attached hydrogen (secondary N) is 1. The van der Waals surface area contributed by atoms with Crippen LogP contribution in [0.1, 0.15) is 19.4 Å². The first-order chi connectivity index (χ1) is 8.99. The molecule has 3 N–H and O–H groups in total. The lowest BCUT2D eigenvalue weighted by Crippen LogP contribution is -2.36. The van der Waals surface area contributed by atoms with Crippen LogP contribution < -0.4 is 15.8 Å². The topological polar surface area (TPSA) is 64.3 Å². The van der Waals surface area contributed by atoms with E-state index in [1.54, 1.807) is 6.92 Å². The van der Waals surface area contributed by atoms with Crippen LogP contribution in [0.25, 0.3) is 0 Å². The molecule has 0 aliphatic heterocycles. The largest absolute Gasteiger partial charge is 0.479 e. The summed E-state index contributed by atoms with van der Waals surface area (Å²) in [6.07, 6.45) is 0.247. The average molecular weight is 394 g/mol. The van der Waals surface area contributed by atoms with E-state index in [-0.39, 0.29) is 5.91 Å². The maximum Gasteiger partial charge on any atom is 0.260 e. The van der Waals surface area contributed by atoms with Crippen LogP contribution >= 0.6 is 31.9 Å². The Hall–Kier alpha value is -0.590. The van der Waals surface area contributed by atoms with Crippen molar-refractivity contribution in [1.29, 1.82) is 0 Å². The number of rotatable bonds is 6. The van der Waals surface area contributed by atoms with E-state index in [0.717, 1.165) is 20.9 Å². The van der Waals surface area contributed by atoms with E-state index in [9.17, 15) is 4.79 Å². The second-order valence-corrected chi connectivity index (χ2v) is 5.79. The third kappa shape index (κ3) is 4.78. The van der Waals surface area contributed by atoms with E-state index < -0.39 is 6.10 Å². The van der Waals surface area contributed by atoms with Gasteiger partial charge in [-0.2, -0.15) is 0 Å². The molecule has 106 valence electrons. The van der Waals surface area contributed by atoms with Crippen LogP contribution in [-0.2, 0) is 11.2 Å². The van der Waals surface area contributed by atoms with Gasteiger partial charge in [0, 0.05) is 6.54 Å². The smallest absolute Gasteiger partial charge is 0.260 e. The second kappa shape index (κ2) is 7.87. The molecule has 0 saturated heterocycles. The van der Waals surface area contributed by atoms with Gasteiger partial charge in [0.05, 0.1) is 8.95 Å². The summed E-state index contributed by atoms with van der Waals surface area (Å²) < 4.78 is 7.30. The zero-order chi connectivity index (χ0) is 14.4. The predicted molar refractivity (Wildman–Crippen MR) is 83.4 cm³/mol. The lowest BCUT2D eigenvalue weighted by molar-refractivity contribution is -0.127. The van der Waals surface area contributed by atoms with Crippen LogP contribution in [0.2, 0.25) is 0 Å². The molecule has 1 unspecified atom stereocenters. The number of nitrogens with two attached hydrogens (primary N) is 1. The maximum absolute atomic E-state index is 11.7. The summed E-state index contributed by atoms with van der Waals surface area (Å²) in [5.74, 6) is 0.492. The Labute approximate surface area is 130 Å². The molecule has 1 aromatic carbocycles. The van der Waals surface area contributed by atoms with Gasteiger partial charge < -0.3 is 15.8 Å².